The molecule has 0 fully saturated rings. The fraction of sp³-hybridized carbons (Fsp3) is 0.190. The maximum absolute atomic E-state index is 10.7. The van der Waals surface area contributed by atoms with E-state index in [-0.39, 0.29) is 5.41 Å². The van der Waals surface area contributed by atoms with Gasteiger partial charge in [0.05, 0.1) is 17.6 Å². The first-order chi connectivity index (χ1) is 12.0. The van der Waals surface area contributed by atoms with Gasteiger partial charge in [0.2, 0.25) is 0 Å². The van der Waals surface area contributed by atoms with E-state index in [1.807, 2.05) is 59.4 Å². The molecule has 0 aliphatic rings. The van der Waals surface area contributed by atoms with E-state index in [4.69, 9.17) is 0 Å². The molecule has 25 heavy (non-hydrogen) atoms. The molecule has 0 saturated carbocycles. The van der Waals surface area contributed by atoms with Gasteiger partial charge in [-0.25, -0.2) is 4.68 Å². The Kier molecular flexibility index (Phi) is 4.61. The van der Waals surface area contributed by atoms with Gasteiger partial charge in [0, 0.05) is 11.0 Å². The maximum Gasteiger partial charge on any atom is 0.150 e. The monoisotopic (exact) mass is 331 g/mol. The van der Waals surface area contributed by atoms with Crippen LogP contribution in [0.5, 0.6) is 0 Å². The number of rotatable bonds is 4. The third kappa shape index (κ3) is 3.91. The van der Waals surface area contributed by atoms with E-state index in [1.54, 1.807) is 0 Å². The first-order valence-electron chi connectivity index (χ1n) is 8.22. The lowest BCUT2D eigenvalue weighted by Gasteiger charge is -2.19. The van der Waals surface area contributed by atoms with Gasteiger partial charge in [0.1, 0.15) is 6.29 Å². The molecule has 4 nitrogen and oxygen atoms in total. The van der Waals surface area contributed by atoms with Gasteiger partial charge in [-0.15, -0.1) is 5.10 Å². The molecule has 0 radical (unpaired) electrons. The van der Waals surface area contributed by atoms with Crippen LogP contribution in [0.1, 0.15) is 48.0 Å². The lowest BCUT2D eigenvalue weighted by molar-refractivity contribution is 0.112. The molecule has 0 spiro atoms. The minimum absolute atomic E-state index is 0.0181. The van der Waals surface area contributed by atoms with Crippen molar-refractivity contribution in [1.82, 2.24) is 15.0 Å². The zero-order valence-corrected chi connectivity index (χ0v) is 14.7. The summed E-state index contributed by atoms with van der Waals surface area (Å²) in [4.78, 5) is 10.7. The van der Waals surface area contributed by atoms with E-state index < -0.39 is 0 Å². The van der Waals surface area contributed by atoms with Crippen molar-refractivity contribution in [1.29, 1.82) is 0 Å². The summed E-state index contributed by atoms with van der Waals surface area (Å²) in [5.41, 5.74) is 4.89. The van der Waals surface area contributed by atoms with Crippen LogP contribution in [0.4, 0.5) is 0 Å². The summed E-state index contributed by atoms with van der Waals surface area (Å²) in [7, 11) is 0. The summed E-state index contributed by atoms with van der Waals surface area (Å²) < 4.78 is 1.88. The molecule has 0 amide bonds. The van der Waals surface area contributed by atoms with Crippen molar-refractivity contribution in [3.05, 3.63) is 77.1 Å². The Bertz CT molecular complexity index is 882. The largest absolute Gasteiger partial charge is 0.298 e. The Balaban J connectivity index is 1.79. The summed E-state index contributed by atoms with van der Waals surface area (Å²) >= 11 is 0. The van der Waals surface area contributed by atoms with Crippen LogP contribution in [0.2, 0.25) is 0 Å². The molecule has 1 aromatic heterocycles. The van der Waals surface area contributed by atoms with Crippen LogP contribution >= 0.6 is 0 Å². The molecule has 3 aromatic rings. The molecular weight excluding hydrogens is 310 g/mol. The number of hydrogen-bond donors (Lipinski definition) is 0. The highest BCUT2D eigenvalue weighted by molar-refractivity contribution is 5.76. The summed E-state index contributed by atoms with van der Waals surface area (Å²) in [6.07, 6.45) is 6.74. The lowest BCUT2D eigenvalue weighted by Crippen LogP contribution is -2.17. The van der Waals surface area contributed by atoms with E-state index in [9.17, 15) is 4.79 Å². The normalized spacial score (nSPS) is 11.8. The Labute approximate surface area is 147 Å². The van der Waals surface area contributed by atoms with Gasteiger partial charge < -0.3 is 0 Å². The molecule has 0 atom stereocenters. The number of benzene rings is 2. The highest BCUT2D eigenvalue weighted by Crippen LogP contribution is 2.23. The predicted molar refractivity (Wildman–Crippen MR) is 101 cm³/mol. The number of aldehydes is 1. The maximum atomic E-state index is 10.7. The van der Waals surface area contributed by atoms with Crippen molar-refractivity contribution in [2.24, 2.45) is 0 Å². The Hall–Kier alpha value is -3.01. The number of carbonyl (C=O) groups is 1. The van der Waals surface area contributed by atoms with E-state index in [1.165, 1.54) is 0 Å². The Morgan fingerprint density at radius 3 is 1.88 bits per heavy atom. The lowest BCUT2D eigenvalue weighted by atomic mass is 9.92. The molecule has 126 valence electrons. The second-order valence-electron chi connectivity index (χ2n) is 6.99. The molecule has 2 aromatic carbocycles. The summed E-state index contributed by atoms with van der Waals surface area (Å²) in [5, 5.41) is 8.26. The van der Waals surface area contributed by atoms with Crippen molar-refractivity contribution in [3.63, 3.8) is 0 Å². The van der Waals surface area contributed by atoms with E-state index >= 15 is 0 Å². The molecular formula is C21H21N3O. The van der Waals surface area contributed by atoms with Crippen LogP contribution in [-0.4, -0.2) is 21.3 Å². The number of nitrogens with zero attached hydrogens (tertiary/aromatic N) is 3. The SMILES string of the molecule is CC(C)(C)c1cnnn1-c1ccc(/C=C/c2ccc(C=O)cc2)cc1. The fourth-order valence-electron chi connectivity index (χ4n) is 2.54. The van der Waals surface area contributed by atoms with Crippen molar-refractivity contribution in [2.45, 2.75) is 26.2 Å². The average Bonchev–Trinajstić information content (AvgIpc) is 3.11. The fourth-order valence-corrected chi connectivity index (χ4v) is 2.54. The first-order valence-corrected chi connectivity index (χ1v) is 8.22. The van der Waals surface area contributed by atoms with E-state index in [0.717, 1.165) is 28.8 Å². The van der Waals surface area contributed by atoms with Gasteiger partial charge in [-0.1, -0.05) is 74.5 Å². The Morgan fingerprint density at radius 1 is 0.840 bits per heavy atom. The van der Waals surface area contributed by atoms with Crippen LogP contribution < -0.4 is 0 Å². The molecule has 0 aliphatic carbocycles. The Morgan fingerprint density at radius 2 is 1.36 bits per heavy atom. The van der Waals surface area contributed by atoms with Crippen molar-refractivity contribution in [3.8, 4) is 5.69 Å². The molecule has 4 heteroatoms. The van der Waals surface area contributed by atoms with Crippen LogP contribution in [0, 0.1) is 0 Å². The number of hydrogen-bond acceptors (Lipinski definition) is 3. The van der Waals surface area contributed by atoms with Gasteiger partial charge in [-0.2, -0.15) is 0 Å². The zero-order valence-electron chi connectivity index (χ0n) is 14.7. The molecule has 0 N–H and O–H groups in total. The average molecular weight is 331 g/mol. The molecule has 3 rings (SSSR count). The first kappa shape index (κ1) is 16.8. The van der Waals surface area contributed by atoms with Crippen LogP contribution in [0.25, 0.3) is 17.8 Å². The summed E-state index contributed by atoms with van der Waals surface area (Å²) in [6, 6.07) is 15.7. The highest BCUT2D eigenvalue weighted by Gasteiger charge is 2.20. The minimum Gasteiger partial charge on any atom is -0.298 e. The predicted octanol–water partition coefficient (Wildman–Crippen LogP) is 4.55. The topological polar surface area (TPSA) is 47.8 Å². The minimum atomic E-state index is -0.0181. The second-order valence-corrected chi connectivity index (χ2v) is 6.99. The van der Waals surface area contributed by atoms with Crippen LogP contribution in [0.3, 0.4) is 0 Å². The second kappa shape index (κ2) is 6.85. The molecule has 1 heterocycles. The standard InChI is InChI=1S/C21H21N3O/c1-21(2,3)20-14-22-23-24(20)19-12-10-17(11-13-19)5-4-16-6-8-18(15-25)9-7-16/h4-15H,1-3H3/b5-4+. The third-order valence-electron chi connectivity index (χ3n) is 4.00. The van der Waals surface area contributed by atoms with E-state index in [0.29, 0.717) is 5.56 Å². The quantitative estimate of drug-likeness (QED) is 0.520. The summed E-state index contributed by atoms with van der Waals surface area (Å²) in [6.45, 7) is 6.44. The zero-order chi connectivity index (χ0) is 17.9. The molecule has 0 saturated heterocycles. The summed E-state index contributed by atoms with van der Waals surface area (Å²) in [5.74, 6) is 0. The molecule has 0 unspecified atom stereocenters. The smallest absolute Gasteiger partial charge is 0.150 e. The van der Waals surface area contributed by atoms with Gasteiger partial charge in [0.15, 0.2) is 0 Å². The van der Waals surface area contributed by atoms with Gasteiger partial charge >= 0.3 is 0 Å². The van der Waals surface area contributed by atoms with Crippen LogP contribution in [0.15, 0.2) is 54.7 Å². The van der Waals surface area contributed by atoms with Gasteiger partial charge in [0.25, 0.3) is 0 Å². The van der Waals surface area contributed by atoms with Gasteiger partial charge in [-0.05, 0) is 23.3 Å². The van der Waals surface area contributed by atoms with Gasteiger partial charge in [-0.3, -0.25) is 4.79 Å². The number of carbonyl (C=O) groups excluding carboxylic acids is 1. The molecule has 0 bridgehead atoms. The van der Waals surface area contributed by atoms with E-state index in [2.05, 4.69) is 43.2 Å². The number of aromatic nitrogens is 3. The van der Waals surface area contributed by atoms with Crippen molar-refractivity contribution >= 4 is 18.4 Å². The van der Waals surface area contributed by atoms with Crippen molar-refractivity contribution < 1.29 is 4.79 Å². The highest BCUT2D eigenvalue weighted by atomic mass is 16.1. The van der Waals surface area contributed by atoms with Crippen molar-refractivity contribution in [2.75, 3.05) is 0 Å². The van der Waals surface area contributed by atoms with Crippen LogP contribution in [-0.2, 0) is 5.41 Å². The third-order valence-corrected chi connectivity index (χ3v) is 4.00. The molecule has 0 aliphatic heterocycles.